The minimum atomic E-state index is 0.725. The van der Waals surface area contributed by atoms with Gasteiger partial charge in [-0.3, -0.25) is 0 Å². The molecule has 1 N–H and O–H groups in total. The van der Waals surface area contributed by atoms with Crippen LogP contribution in [-0.4, -0.2) is 37.1 Å². The van der Waals surface area contributed by atoms with Gasteiger partial charge in [0.05, 0.1) is 0 Å². The van der Waals surface area contributed by atoms with Crippen LogP contribution in [0.2, 0.25) is 0 Å². The summed E-state index contributed by atoms with van der Waals surface area (Å²) in [6.45, 7) is 9.27. The number of nitrogens with zero attached hydrogens (tertiary/aromatic N) is 1. The molecule has 0 radical (unpaired) electrons. The summed E-state index contributed by atoms with van der Waals surface area (Å²) < 4.78 is 0. The first kappa shape index (κ1) is 14.0. The first-order valence-electron chi connectivity index (χ1n) is 7.12. The summed E-state index contributed by atoms with van der Waals surface area (Å²) >= 11 is 0. The second-order valence-corrected chi connectivity index (χ2v) is 5.48. The topological polar surface area (TPSA) is 15.3 Å². The maximum Gasteiger partial charge on any atom is 0.0248 e. The molecular weight excluding hydrogens is 196 g/mol. The van der Waals surface area contributed by atoms with Crippen molar-refractivity contribution >= 4 is 0 Å². The van der Waals surface area contributed by atoms with Crippen LogP contribution in [-0.2, 0) is 0 Å². The van der Waals surface area contributed by atoms with Gasteiger partial charge in [-0.25, -0.2) is 0 Å². The van der Waals surface area contributed by atoms with Crippen molar-refractivity contribution in [1.29, 1.82) is 0 Å². The minimum Gasteiger partial charge on any atom is -0.313 e. The van der Waals surface area contributed by atoms with Crippen LogP contribution < -0.4 is 5.32 Å². The van der Waals surface area contributed by atoms with Crippen LogP contribution in [0.5, 0.6) is 0 Å². The van der Waals surface area contributed by atoms with Crippen LogP contribution in [0, 0.1) is 5.92 Å². The Kier molecular flexibility index (Phi) is 6.37. The predicted molar refractivity (Wildman–Crippen MR) is 71.8 cm³/mol. The van der Waals surface area contributed by atoms with Gasteiger partial charge in [-0.1, -0.05) is 27.2 Å². The van der Waals surface area contributed by atoms with Gasteiger partial charge in [0.15, 0.2) is 0 Å². The first-order valence-corrected chi connectivity index (χ1v) is 7.12. The largest absolute Gasteiger partial charge is 0.313 e. The summed E-state index contributed by atoms with van der Waals surface area (Å²) in [5.74, 6) is 0.906. The van der Waals surface area contributed by atoms with Crippen molar-refractivity contribution in [2.45, 2.75) is 65.0 Å². The minimum absolute atomic E-state index is 0.725. The van der Waals surface area contributed by atoms with Crippen LogP contribution in [0.4, 0.5) is 0 Å². The predicted octanol–water partition coefficient (Wildman–Crippen LogP) is 2.89. The van der Waals surface area contributed by atoms with Crippen molar-refractivity contribution in [3.8, 4) is 0 Å². The fourth-order valence-electron chi connectivity index (χ4n) is 2.91. The van der Waals surface area contributed by atoms with E-state index < -0.39 is 0 Å². The molecule has 0 heterocycles. The van der Waals surface area contributed by atoms with E-state index in [1.165, 1.54) is 38.6 Å². The molecule has 1 aliphatic carbocycles. The van der Waals surface area contributed by atoms with Gasteiger partial charge in [-0.2, -0.15) is 0 Å². The maximum absolute atomic E-state index is 3.67. The second kappa shape index (κ2) is 7.29. The van der Waals surface area contributed by atoms with Gasteiger partial charge in [0.2, 0.25) is 0 Å². The highest BCUT2D eigenvalue weighted by molar-refractivity contribution is 4.89. The molecule has 1 saturated carbocycles. The summed E-state index contributed by atoms with van der Waals surface area (Å²) in [7, 11) is 2.31. The molecule has 3 atom stereocenters. The number of hydrogen-bond donors (Lipinski definition) is 1. The van der Waals surface area contributed by atoms with E-state index in [0.29, 0.717) is 0 Å². The van der Waals surface area contributed by atoms with Crippen molar-refractivity contribution in [3.63, 3.8) is 0 Å². The van der Waals surface area contributed by atoms with E-state index >= 15 is 0 Å². The van der Waals surface area contributed by atoms with Gasteiger partial charge >= 0.3 is 0 Å². The van der Waals surface area contributed by atoms with Crippen LogP contribution in [0.3, 0.4) is 0 Å². The molecule has 96 valence electrons. The van der Waals surface area contributed by atoms with Crippen LogP contribution in [0.25, 0.3) is 0 Å². The molecule has 0 aliphatic heterocycles. The highest BCUT2D eigenvalue weighted by atomic mass is 15.2. The van der Waals surface area contributed by atoms with Crippen molar-refractivity contribution < 1.29 is 0 Å². The zero-order valence-corrected chi connectivity index (χ0v) is 11.6. The van der Waals surface area contributed by atoms with Gasteiger partial charge in [0.1, 0.15) is 0 Å². The molecule has 0 aromatic rings. The smallest absolute Gasteiger partial charge is 0.0248 e. The Labute approximate surface area is 102 Å². The molecule has 0 spiro atoms. The zero-order valence-electron chi connectivity index (χ0n) is 11.6. The van der Waals surface area contributed by atoms with Crippen molar-refractivity contribution in [2.75, 3.05) is 20.1 Å². The molecule has 0 aromatic carbocycles. The number of hydrogen-bond acceptors (Lipinski definition) is 2. The number of likely N-dealkylation sites (N-methyl/N-ethyl adjacent to an activating group) is 2. The molecule has 3 unspecified atom stereocenters. The van der Waals surface area contributed by atoms with E-state index in [2.05, 4.69) is 38.0 Å². The Hall–Kier alpha value is -0.0800. The van der Waals surface area contributed by atoms with E-state index in [-0.39, 0.29) is 0 Å². The van der Waals surface area contributed by atoms with E-state index in [0.717, 1.165) is 24.5 Å². The monoisotopic (exact) mass is 226 g/mol. The third-order valence-electron chi connectivity index (χ3n) is 3.98. The Morgan fingerprint density at radius 1 is 1.25 bits per heavy atom. The quantitative estimate of drug-likeness (QED) is 0.749. The van der Waals surface area contributed by atoms with Crippen LogP contribution >= 0.6 is 0 Å². The third-order valence-corrected chi connectivity index (χ3v) is 3.98. The highest BCUT2D eigenvalue weighted by Gasteiger charge is 2.30. The fourth-order valence-corrected chi connectivity index (χ4v) is 2.91. The lowest BCUT2D eigenvalue weighted by Gasteiger charge is -2.41. The first-order chi connectivity index (χ1) is 7.69. The lowest BCUT2D eigenvalue weighted by atomic mass is 9.82. The van der Waals surface area contributed by atoms with E-state index in [9.17, 15) is 0 Å². The number of rotatable bonds is 6. The van der Waals surface area contributed by atoms with Crippen LogP contribution in [0.1, 0.15) is 52.9 Å². The second-order valence-electron chi connectivity index (χ2n) is 5.48. The fraction of sp³-hybridized carbons (Fsp3) is 1.00. The van der Waals surface area contributed by atoms with Gasteiger partial charge in [-0.05, 0) is 51.7 Å². The molecule has 0 aromatic heterocycles. The lowest BCUT2D eigenvalue weighted by Crippen LogP contribution is -2.52. The van der Waals surface area contributed by atoms with E-state index in [1.807, 2.05) is 0 Å². The van der Waals surface area contributed by atoms with Gasteiger partial charge < -0.3 is 10.2 Å². The van der Waals surface area contributed by atoms with Gasteiger partial charge in [0, 0.05) is 12.1 Å². The average molecular weight is 226 g/mol. The van der Waals surface area contributed by atoms with Gasteiger partial charge in [0.25, 0.3) is 0 Å². The SMILES string of the molecule is CCCCN(C)C1CC(C)CCC1NCC. The average Bonchev–Trinajstić information content (AvgIpc) is 2.28. The Morgan fingerprint density at radius 2 is 2.00 bits per heavy atom. The highest BCUT2D eigenvalue weighted by Crippen LogP contribution is 2.27. The molecule has 0 amide bonds. The Balaban J connectivity index is 2.48. The standard InChI is InChI=1S/C14H30N2/c1-5-7-10-16(4)14-11-12(3)8-9-13(14)15-6-2/h12-15H,5-11H2,1-4H3. The summed E-state index contributed by atoms with van der Waals surface area (Å²) in [5, 5.41) is 3.67. The zero-order chi connectivity index (χ0) is 12.0. The number of nitrogens with one attached hydrogen (secondary N) is 1. The summed E-state index contributed by atoms with van der Waals surface area (Å²) in [6.07, 6.45) is 6.77. The third kappa shape index (κ3) is 4.06. The molecule has 0 bridgehead atoms. The Morgan fingerprint density at radius 3 is 2.62 bits per heavy atom. The summed E-state index contributed by atoms with van der Waals surface area (Å²) in [6, 6.07) is 1.48. The number of unbranched alkanes of at least 4 members (excludes halogenated alkanes) is 1. The molecule has 1 fully saturated rings. The lowest BCUT2D eigenvalue weighted by molar-refractivity contribution is 0.124. The van der Waals surface area contributed by atoms with Crippen molar-refractivity contribution in [2.24, 2.45) is 5.92 Å². The molecule has 1 rings (SSSR count). The molecular formula is C14H30N2. The van der Waals surface area contributed by atoms with Crippen molar-refractivity contribution in [1.82, 2.24) is 10.2 Å². The molecule has 16 heavy (non-hydrogen) atoms. The van der Waals surface area contributed by atoms with Gasteiger partial charge in [-0.15, -0.1) is 0 Å². The summed E-state index contributed by atoms with van der Waals surface area (Å²) in [5.41, 5.74) is 0. The van der Waals surface area contributed by atoms with Crippen molar-refractivity contribution in [3.05, 3.63) is 0 Å². The molecule has 2 nitrogen and oxygen atoms in total. The molecule has 2 heteroatoms. The molecule has 1 aliphatic rings. The van der Waals surface area contributed by atoms with Crippen LogP contribution in [0.15, 0.2) is 0 Å². The maximum atomic E-state index is 3.67. The summed E-state index contributed by atoms with van der Waals surface area (Å²) in [4.78, 5) is 2.59. The van der Waals surface area contributed by atoms with E-state index in [1.54, 1.807) is 0 Å². The van der Waals surface area contributed by atoms with E-state index in [4.69, 9.17) is 0 Å². The Bertz CT molecular complexity index is 182. The molecule has 0 saturated heterocycles. The normalized spacial score (nSPS) is 30.9.